The van der Waals surface area contributed by atoms with Crippen LogP contribution in [0.15, 0.2) is 66.7 Å². The lowest BCUT2D eigenvalue weighted by atomic mass is 10.1. The van der Waals surface area contributed by atoms with Crippen LogP contribution in [0.1, 0.15) is 21.5 Å². The summed E-state index contributed by atoms with van der Waals surface area (Å²) in [4.78, 5) is 48.1. The van der Waals surface area contributed by atoms with Crippen LogP contribution in [0.25, 0.3) is 0 Å². The summed E-state index contributed by atoms with van der Waals surface area (Å²) in [7, 11) is 0. The molecule has 0 spiro atoms. The molecule has 5 amide bonds. The van der Waals surface area contributed by atoms with Crippen molar-refractivity contribution in [3.05, 3.63) is 89.2 Å². The van der Waals surface area contributed by atoms with E-state index in [1.165, 1.54) is 42.5 Å². The van der Waals surface area contributed by atoms with E-state index in [0.717, 1.165) is 5.56 Å². The van der Waals surface area contributed by atoms with Crippen molar-refractivity contribution < 1.29 is 33.4 Å². The number of ether oxygens (including phenoxy) is 1. The summed E-state index contributed by atoms with van der Waals surface area (Å²) in [6.45, 7) is -0.0761. The zero-order chi connectivity index (χ0) is 24.2. The number of nitrogens with zero attached hydrogens (tertiary/aromatic N) is 1. The minimum Gasteiger partial charge on any atom is -0.507 e. The van der Waals surface area contributed by atoms with E-state index in [1.807, 2.05) is 5.32 Å². The third-order valence-electron chi connectivity index (χ3n) is 4.98. The van der Waals surface area contributed by atoms with Gasteiger partial charge in [-0.25, -0.2) is 9.18 Å². The highest BCUT2D eigenvalue weighted by Gasteiger charge is 2.36. The standard InChI is InChI=1S/C24H18FN3O6/c25-16-4-8-18(9-5-16)34-17-6-1-14(2-7-17)12-26-21(30)19-11-15(3-10-20(19)29)13-28-23(32)22(31)27-24(28)33/h1-11,29H,12-13H2,(H,26,30)(H,27,31,33). The van der Waals surface area contributed by atoms with Gasteiger partial charge in [0.2, 0.25) is 0 Å². The molecule has 3 aromatic carbocycles. The van der Waals surface area contributed by atoms with E-state index >= 15 is 0 Å². The van der Waals surface area contributed by atoms with Crippen molar-refractivity contribution in [1.82, 2.24) is 15.5 Å². The molecule has 1 heterocycles. The van der Waals surface area contributed by atoms with Crippen molar-refractivity contribution in [2.45, 2.75) is 13.1 Å². The van der Waals surface area contributed by atoms with E-state index in [9.17, 15) is 28.7 Å². The maximum atomic E-state index is 13.0. The van der Waals surface area contributed by atoms with Crippen molar-refractivity contribution in [2.24, 2.45) is 0 Å². The van der Waals surface area contributed by atoms with Crippen LogP contribution >= 0.6 is 0 Å². The topological polar surface area (TPSA) is 125 Å². The fraction of sp³-hybridized carbons (Fsp3) is 0.0833. The van der Waals surface area contributed by atoms with Gasteiger partial charge >= 0.3 is 17.8 Å². The number of imide groups is 2. The van der Waals surface area contributed by atoms with E-state index in [-0.39, 0.29) is 30.2 Å². The molecule has 0 unspecified atom stereocenters. The molecule has 9 nitrogen and oxygen atoms in total. The minimum atomic E-state index is -1.02. The van der Waals surface area contributed by atoms with Gasteiger partial charge in [0.25, 0.3) is 5.91 Å². The van der Waals surface area contributed by atoms with Gasteiger partial charge in [-0.15, -0.1) is 0 Å². The van der Waals surface area contributed by atoms with Crippen molar-refractivity contribution >= 4 is 23.8 Å². The van der Waals surface area contributed by atoms with Crippen LogP contribution in [0, 0.1) is 5.82 Å². The Bertz CT molecular complexity index is 1270. The lowest BCUT2D eigenvalue weighted by Crippen LogP contribution is -2.30. The third-order valence-corrected chi connectivity index (χ3v) is 4.98. The SMILES string of the molecule is O=C1NC(=O)N(Cc2ccc(O)c(C(=O)NCc3ccc(Oc4ccc(F)cc4)cc3)c2)C1=O. The fourth-order valence-corrected chi connectivity index (χ4v) is 3.21. The number of nitrogens with one attached hydrogen (secondary N) is 2. The molecule has 1 aliphatic rings. The van der Waals surface area contributed by atoms with Crippen molar-refractivity contribution in [3.63, 3.8) is 0 Å². The monoisotopic (exact) mass is 463 g/mol. The molecule has 0 saturated carbocycles. The molecular formula is C24H18FN3O6. The summed E-state index contributed by atoms with van der Waals surface area (Å²) in [5, 5.41) is 14.7. The third kappa shape index (κ3) is 5.01. The smallest absolute Gasteiger partial charge is 0.331 e. The average Bonchev–Trinajstić information content (AvgIpc) is 3.07. The average molecular weight is 463 g/mol. The Hall–Kier alpha value is -4.73. The Morgan fingerprint density at radius 2 is 1.56 bits per heavy atom. The van der Waals surface area contributed by atoms with Gasteiger partial charge < -0.3 is 15.2 Å². The molecule has 1 fully saturated rings. The van der Waals surface area contributed by atoms with Gasteiger partial charge in [0.05, 0.1) is 12.1 Å². The van der Waals surface area contributed by atoms with Crippen LogP contribution in [-0.2, 0) is 22.7 Å². The summed E-state index contributed by atoms with van der Waals surface area (Å²) < 4.78 is 18.6. The number of urea groups is 1. The summed E-state index contributed by atoms with van der Waals surface area (Å²) in [6.07, 6.45) is 0. The Kier molecular flexibility index (Phi) is 6.22. The number of halogens is 1. The molecule has 0 aliphatic carbocycles. The molecule has 3 N–H and O–H groups in total. The van der Waals surface area contributed by atoms with E-state index in [4.69, 9.17) is 4.74 Å². The normalized spacial score (nSPS) is 13.1. The van der Waals surface area contributed by atoms with Crippen LogP contribution in [0.2, 0.25) is 0 Å². The lowest BCUT2D eigenvalue weighted by Gasteiger charge is -2.13. The second-order valence-electron chi connectivity index (χ2n) is 7.38. The first kappa shape index (κ1) is 22.5. The molecule has 0 aromatic heterocycles. The second kappa shape index (κ2) is 9.41. The molecule has 172 valence electrons. The number of carbonyl (C=O) groups is 4. The molecule has 1 saturated heterocycles. The molecule has 0 bridgehead atoms. The van der Waals surface area contributed by atoms with E-state index in [0.29, 0.717) is 22.0 Å². The molecule has 3 aromatic rings. The van der Waals surface area contributed by atoms with Gasteiger partial charge in [0.1, 0.15) is 23.1 Å². The highest BCUT2D eigenvalue weighted by atomic mass is 19.1. The van der Waals surface area contributed by atoms with Crippen LogP contribution < -0.4 is 15.4 Å². The van der Waals surface area contributed by atoms with Gasteiger partial charge in [-0.3, -0.25) is 24.6 Å². The number of carbonyl (C=O) groups excluding carboxylic acids is 4. The second-order valence-corrected chi connectivity index (χ2v) is 7.38. The predicted molar refractivity (Wildman–Crippen MR) is 116 cm³/mol. The highest BCUT2D eigenvalue weighted by molar-refractivity contribution is 6.44. The first-order chi connectivity index (χ1) is 16.3. The number of amides is 5. The van der Waals surface area contributed by atoms with Gasteiger partial charge in [-0.1, -0.05) is 18.2 Å². The Balaban J connectivity index is 1.37. The number of rotatable bonds is 7. The molecule has 34 heavy (non-hydrogen) atoms. The van der Waals surface area contributed by atoms with Crippen molar-refractivity contribution in [3.8, 4) is 17.2 Å². The Morgan fingerprint density at radius 1 is 0.941 bits per heavy atom. The molecular weight excluding hydrogens is 445 g/mol. The zero-order valence-corrected chi connectivity index (χ0v) is 17.6. The summed E-state index contributed by atoms with van der Waals surface area (Å²) in [6, 6.07) is 15.7. The maximum Gasteiger partial charge on any atom is 0.331 e. The van der Waals surface area contributed by atoms with Crippen LogP contribution in [0.3, 0.4) is 0 Å². The van der Waals surface area contributed by atoms with Gasteiger partial charge in [-0.2, -0.15) is 0 Å². The van der Waals surface area contributed by atoms with Crippen molar-refractivity contribution in [2.75, 3.05) is 0 Å². The number of phenolic OH excluding ortho intramolecular Hbond substituents is 1. The maximum absolute atomic E-state index is 13.0. The quantitative estimate of drug-likeness (QED) is 0.366. The summed E-state index contributed by atoms with van der Waals surface area (Å²) in [5.74, 6) is -2.20. The number of phenols is 1. The van der Waals surface area contributed by atoms with E-state index in [2.05, 4.69) is 5.32 Å². The zero-order valence-electron chi connectivity index (χ0n) is 17.6. The molecule has 0 atom stereocenters. The largest absolute Gasteiger partial charge is 0.507 e. The minimum absolute atomic E-state index is 0.0489. The Morgan fingerprint density at radius 3 is 2.18 bits per heavy atom. The number of hydrogen-bond donors (Lipinski definition) is 3. The number of benzene rings is 3. The van der Waals surface area contributed by atoms with Gasteiger partial charge in [0, 0.05) is 6.54 Å². The number of hydrogen-bond acceptors (Lipinski definition) is 6. The lowest BCUT2D eigenvalue weighted by molar-refractivity contribution is -0.140. The Labute approximate surface area is 192 Å². The first-order valence-electron chi connectivity index (χ1n) is 10.1. The molecule has 1 aliphatic heterocycles. The van der Waals surface area contributed by atoms with E-state index in [1.54, 1.807) is 24.3 Å². The predicted octanol–water partition coefficient (Wildman–Crippen LogP) is 2.83. The van der Waals surface area contributed by atoms with Crippen LogP contribution in [0.4, 0.5) is 9.18 Å². The molecule has 0 radical (unpaired) electrons. The first-order valence-corrected chi connectivity index (χ1v) is 10.1. The number of aromatic hydroxyl groups is 1. The van der Waals surface area contributed by atoms with Crippen molar-refractivity contribution in [1.29, 1.82) is 0 Å². The van der Waals surface area contributed by atoms with Crippen LogP contribution in [-0.4, -0.2) is 33.8 Å². The molecule has 4 rings (SSSR count). The van der Waals surface area contributed by atoms with Gasteiger partial charge in [-0.05, 0) is 59.7 Å². The highest BCUT2D eigenvalue weighted by Crippen LogP contribution is 2.23. The van der Waals surface area contributed by atoms with Crippen LogP contribution in [0.5, 0.6) is 17.2 Å². The summed E-state index contributed by atoms with van der Waals surface area (Å²) >= 11 is 0. The summed E-state index contributed by atoms with van der Waals surface area (Å²) in [5.41, 5.74) is 1.09. The fourth-order valence-electron chi connectivity index (χ4n) is 3.21. The molecule has 10 heteroatoms. The van der Waals surface area contributed by atoms with Gasteiger partial charge in [0.15, 0.2) is 0 Å². The van der Waals surface area contributed by atoms with E-state index < -0.39 is 23.8 Å².